The highest BCUT2D eigenvalue weighted by Gasteiger charge is 2.31. The van der Waals surface area contributed by atoms with Crippen LogP contribution in [0.25, 0.3) is 16.7 Å². The minimum absolute atomic E-state index is 0.160. The summed E-state index contributed by atoms with van der Waals surface area (Å²) in [6.45, 7) is 4.81. The molecule has 0 aliphatic carbocycles. The van der Waals surface area contributed by atoms with Gasteiger partial charge in [0.1, 0.15) is 11.9 Å². The molecule has 1 amide bonds. The number of carbonyl (C=O) groups is 1. The maximum atomic E-state index is 11.8. The number of primary amides is 1. The molecule has 6 heteroatoms. The summed E-state index contributed by atoms with van der Waals surface area (Å²) in [5.41, 5.74) is 9.72. The molecule has 0 bridgehead atoms. The van der Waals surface area contributed by atoms with Gasteiger partial charge in [-0.25, -0.2) is 4.98 Å². The molecule has 3 heterocycles. The van der Waals surface area contributed by atoms with Crippen molar-refractivity contribution in [2.45, 2.75) is 39.2 Å². The van der Waals surface area contributed by atoms with Crippen molar-refractivity contribution in [3.05, 3.63) is 41.5 Å². The first-order chi connectivity index (χ1) is 13.0. The highest BCUT2D eigenvalue weighted by atomic mass is 16.1. The van der Waals surface area contributed by atoms with Gasteiger partial charge in [-0.3, -0.25) is 9.20 Å². The van der Waals surface area contributed by atoms with Crippen LogP contribution in [0.4, 0.5) is 5.82 Å². The fourth-order valence-corrected chi connectivity index (χ4v) is 4.13. The second-order valence-electron chi connectivity index (χ2n) is 7.31. The summed E-state index contributed by atoms with van der Waals surface area (Å²) in [6, 6.07) is 12.6. The molecule has 1 fully saturated rings. The molecule has 2 aromatic heterocycles. The fourth-order valence-electron chi connectivity index (χ4n) is 4.13. The molecule has 0 unspecified atom stereocenters. The molecule has 1 aliphatic rings. The Morgan fingerprint density at radius 2 is 2.15 bits per heavy atom. The van der Waals surface area contributed by atoms with E-state index in [-0.39, 0.29) is 17.9 Å². The number of nitrogens with zero attached hydrogens (tertiary/aromatic N) is 4. The first-order valence-electron chi connectivity index (χ1n) is 9.44. The minimum atomic E-state index is -0.247. The maximum absolute atomic E-state index is 11.8. The molecule has 1 aromatic carbocycles. The first-order valence-corrected chi connectivity index (χ1v) is 9.44. The van der Waals surface area contributed by atoms with Crippen molar-refractivity contribution in [2.75, 3.05) is 11.4 Å². The van der Waals surface area contributed by atoms with E-state index in [9.17, 15) is 10.1 Å². The van der Waals surface area contributed by atoms with E-state index < -0.39 is 0 Å². The van der Waals surface area contributed by atoms with E-state index in [1.54, 1.807) is 0 Å². The monoisotopic (exact) mass is 361 g/mol. The quantitative estimate of drug-likeness (QED) is 0.777. The molecule has 1 aliphatic heterocycles. The number of fused-ring (bicyclic) bond motifs is 3. The van der Waals surface area contributed by atoms with Gasteiger partial charge in [0.15, 0.2) is 5.65 Å². The average molecular weight is 361 g/mol. The summed E-state index contributed by atoms with van der Waals surface area (Å²) >= 11 is 0. The standard InChI is InChI=1S/C21H23N5O/c1-3-14-10-19(25-12-15(20(23)27)9-8-13(25)2)26-18-7-5-4-6-17(18)24-21(26)16(14)11-22/h4-7,10,13,15H,3,8-9,12H2,1-2H3,(H2,23,27)/t13-,15-/m1/s1. The number of amides is 1. The first kappa shape index (κ1) is 17.3. The Morgan fingerprint density at radius 1 is 1.37 bits per heavy atom. The largest absolute Gasteiger partial charge is 0.369 e. The number of nitrogens with two attached hydrogens (primary N) is 1. The number of carbonyl (C=O) groups excluding carboxylic acids is 1. The van der Waals surface area contributed by atoms with Crippen LogP contribution in [0.15, 0.2) is 30.3 Å². The molecule has 0 radical (unpaired) electrons. The summed E-state index contributed by atoms with van der Waals surface area (Å²) in [5.74, 6) is 0.572. The highest BCUT2D eigenvalue weighted by Crippen LogP contribution is 2.33. The van der Waals surface area contributed by atoms with Gasteiger partial charge in [0.2, 0.25) is 5.91 Å². The number of aromatic nitrogens is 2. The number of pyridine rings is 1. The minimum Gasteiger partial charge on any atom is -0.369 e. The Balaban J connectivity index is 2.02. The Labute approximate surface area is 158 Å². The lowest BCUT2D eigenvalue weighted by atomic mass is 9.92. The number of para-hydroxylation sites is 2. The highest BCUT2D eigenvalue weighted by molar-refractivity contribution is 5.85. The number of rotatable bonds is 3. The van der Waals surface area contributed by atoms with E-state index >= 15 is 0 Å². The number of hydrogen-bond acceptors (Lipinski definition) is 4. The van der Waals surface area contributed by atoms with Crippen molar-refractivity contribution < 1.29 is 4.79 Å². The van der Waals surface area contributed by atoms with Crippen LogP contribution in [0.5, 0.6) is 0 Å². The Bertz CT molecular complexity index is 1080. The molecule has 0 saturated carbocycles. The van der Waals surface area contributed by atoms with Crippen LogP contribution in [-0.2, 0) is 11.2 Å². The molecule has 1 saturated heterocycles. The van der Waals surface area contributed by atoms with Crippen molar-refractivity contribution in [2.24, 2.45) is 11.7 Å². The normalized spacial score (nSPS) is 20.1. The van der Waals surface area contributed by atoms with Crippen LogP contribution in [0, 0.1) is 17.2 Å². The zero-order chi connectivity index (χ0) is 19.1. The van der Waals surface area contributed by atoms with Crippen molar-refractivity contribution in [1.82, 2.24) is 9.38 Å². The molecule has 0 spiro atoms. The molecule has 4 rings (SSSR count). The number of anilines is 1. The van der Waals surface area contributed by atoms with Gasteiger partial charge in [-0.1, -0.05) is 19.1 Å². The number of piperidine rings is 1. The third kappa shape index (κ3) is 2.71. The van der Waals surface area contributed by atoms with Gasteiger partial charge < -0.3 is 10.6 Å². The van der Waals surface area contributed by atoms with Gasteiger partial charge >= 0.3 is 0 Å². The second kappa shape index (κ2) is 6.58. The van der Waals surface area contributed by atoms with Crippen molar-refractivity contribution in [3.63, 3.8) is 0 Å². The van der Waals surface area contributed by atoms with E-state index in [0.29, 0.717) is 17.8 Å². The van der Waals surface area contributed by atoms with Gasteiger partial charge in [0.25, 0.3) is 0 Å². The molecular formula is C21H23N5O. The summed E-state index contributed by atoms with van der Waals surface area (Å²) in [5, 5.41) is 9.76. The number of nitriles is 1. The lowest BCUT2D eigenvalue weighted by Gasteiger charge is -2.39. The van der Waals surface area contributed by atoms with Gasteiger partial charge in [0, 0.05) is 12.6 Å². The molecule has 3 aromatic rings. The van der Waals surface area contributed by atoms with Gasteiger partial charge in [-0.05, 0) is 49.9 Å². The summed E-state index contributed by atoms with van der Waals surface area (Å²) in [7, 11) is 0. The average Bonchev–Trinajstić information content (AvgIpc) is 3.06. The molecule has 6 nitrogen and oxygen atoms in total. The number of imidazole rings is 1. The van der Waals surface area contributed by atoms with Crippen LogP contribution >= 0.6 is 0 Å². The van der Waals surface area contributed by atoms with E-state index in [4.69, 9.17) is 10.7 Å². The Kier molecular flexibility index (Phi) is 4.23. The second-order valence-corrected chi connectivity index (χ2v) is 7.31. The zero-order valence-electron chi connectivity index (χ0n) is 15.6. The predicted octanol–water partition coefficient (Wildman–Crippen LogP) is 3.01. The molecule has 27 heavy (non-hydrogen) atoms. The summed E-state index contributed by atoms with van der Waals surface area (Å²) in [4.78, 5) is 18.8. The van der Waals surface area contributed by atoms with Crippen LogP contribution in [-0.4, -0.2) is 27.9 Å². The summed E-state index contributed by atoms with van der Waals surface area (Å²) in [6.07, 6.45) is 2.47. The summed E-state index contributed by atoms with van der Waals surface area (Å²) < 4.78 is 2.06. The predicted molar refractivity (Wildman–Crippen MR) is 106 cm³/mol. The van der Waals surface area contributed by atoms with E-state index in [1.165, 1.54) is 0 Å². The molecular weight excluding hydrogens is 338 g/mol. The van der Waals surface area contributed by atoms with E-state index in [2.05, 4.69) is 28.4 Å². The van der Waals surface area contributed by atoms with Gasteiger partial charge in [-0.15, -0.1) is 0 Å². The van der Waals surface area contributed by atoms with Crippen molar-refractivity contribution in [1.29, 1.82) is 5.26 Å². The zero-order valence-corrected chi connectivity index (χ0v) is 15.6. The van der Waals surface area contributed by atoms with Crippen molar-refractivity contribution in [3.8, 4) is 6.07 Å². The maximum Gasteiger partial charge on any atom is 0.222 e. The smallest absolute Gasteiger partial charge is 0.222 e. The Morgan fingerprint density at radius 3 is 2.85 bits per heavy atom. The van der Waals surface area contributed by atoms with Crippen LogP contribution < -0.4 is 10.6 Å². The molecule has 2 atom stereocenters. The fraction of sp³-hybridized carbons (Fsp3) is 0.381. The van der Waals surface area contributed by atoms with Crippen LogP contribution in [0.3, 0.4) is 0 Å². The third-order valence-corrected chi connectivity index (χ3v) is 5.71. The number of aryl methyl sites for hydroxylation is 1. The van der Waals surface area contributed by atoms with Crippen LogP contribution in [0.1, 0.15) is 37.8 Å². The van der Waals surface area contributed by atoms with Crippen molar-refractivity contribution >= 4 is 28.4 Å². The SMILES string of the molecule is CCc1cc(N2C[C@H](C(N)=O)CC[C@H]2C)n2c(nc3ccccc32)c1C#N. The molecule has 2 N–H and O–H groups in total. The lowest BCUT2D eigenvalue weighted by Crippen LogP contribution is -2.46. The third-order valence-electron chi connectivity index (χ3n) is 5.71. The van der Waals surface area contributed by atoms with E-state index in [1.807, 2.05) is 31.2 Å². The van der Waals surface area contributed by atoms with Gasteiger partial charge in [0.05, 0.1) is 22.5 Å². The molecule has 138 valence electrons. The van der Waals surface area contributed by atoms with E-state index in [0.717, 1.165) is 41.7 Å². The lowest BCUT2D eigenvalue weighted by molar-refractivity contribution is -0.122. The Hall–Kier alpha value is -3.07. The van der Waals surface area contributed by atoms with Crippen LogP contribution in [0.2, 0.25) is 0 Å². The topological polar surface area (TPSA) is 87.4 Å². The van der Waals surface area contributed by atoms with Gasteiger partial charge in [-0.2, -0.15) is 5.26 Å². The number of benzene rings is 1. The number of hydrogen-bond donors (Lipinski definition) is 1.